The van der Waals surface area contributed by atoms with Crippen molar-refractivity contribution in [3.8, 4) is 0 Å². The average Bonchev–Trinajstić information content (AvgIpc) is 3.23. The molecule has 7 nitrogen and oxygen atoms in total. The maximum Gasteiger partial charge on any atom is 0.257 e. The summed E-state index contributed by atoms with van der Waals surface area (Å²) in [6.45, 7) is 6.88. The van der Waals surface area contributed by atoms with Gasteiger partial charge in [-0.1, -0.05) is 27.2 Å². The van der Waals surface area contributed by atoms with Crippen LogP contribution in [0.5, 0.6) is 0 Å². The van der Waals surface area contributed by atoms with Crippen LogP contribution < -0.4 is 5.32 Å². The molecule has 0 radical (unpaired) electrons. The van der Waals surface area contributed by atoms with E-state index < -0.39 is 10.6 Å². The predicted molar refractivity (Wildman–Crippen MR) is 112 cm³/mol. The lowest BCUT2D eigenvalue weighted by atomic mass is 9.88. The van der Waals surface area contributed by atoms with Crippen molar-refractivity contribution in [1.29, 1.82) is 0 Å². The van der Waals surface area contributed by atoms with Gasteiger partial charge in [-0.3, -0.25) is 13.9 Å². The van der Waals surface area contributed by atoms with E-state index in [0.29, 0.717) is 30.6 Å². The van der Waals surface area contributed by atoms with Crippen LogP contribution in [-0.2, 0) is 5.41 Å². The van der Waals surface area contributed by atoms with Crippen LogP contribution in [0, 0.1) is 11.8 Å². The number of carbonyl (C=O) groups is 1. The summed E-state index contributed by atoms with van der Waals surface area (Å²) in [5.74, 6) is 2.55. The molecule has 1 aromatic heterocycles. The van der Waals surface area contributed by atoms with Crippen LogP contribution in [0.2, 0.25) is 0 Å². The van der Waals surface area contributed by atoms with Gasteiger partial charge in [0.1, 0.15) is 0 Å². The Morgan fingerprint density at radius 3 is 2.50 bits per heavy atom. The van der Waals surface area contributed by atoms with Crippen LogP contribution >= 0.6 is 10.6 Å². The van der Waals surface area contributed by atoms with E-state index in [9.17, 15) is 13.9 Å². The van der Waals surface area contributed by atoms with E-state index in [1.807, 2.05) is 0 Å². The lowest BCUT2D eigenvalue weighted by Gasteiger charge is -2.41. The van der Waals surface area contributed by atoms with E-state index in [1.165, 1.54) is 25.7 Å². The monoisotopic (exact) mass is 408 g/mol. The van der Waals surface area contributed by atoms with Gasteiger partial charge in [-0.15, -0.1) is 0 Å². The molecule has 1 amide bonds. The predicted octanol–water partition coefficient (Wildman–Crippen LogP) is 3.58. The van der Waals surface area contributed by atoms with Crippen LogP contribution in [0.25, 0.3) is 0 Å². The third-order valence-corrected chi connectivity index (χ3v) is 8.12. The van der Waals surface area contributed by atoms with E-state index in [1.54, 1.807) is 11.1 Å². The minimum Gasteiger partial charge on any atom is -0.351 e. The third-order valence-electron chi connectivity index (χ3n) is 6.45. The largest absolute Gasteiger partial charge is 0.351 e. The van der Waals surface area contributed by atoms with Crippen molar-refractivity contribution in [2.45, 2.75) is 57.9 Å². The molecule has 3 fully saturated rings. The Labute approximate surface area is 168 Å². The Morgan fingerprint density at radius 1 is 1.21 bits per heavy atom. The topological polar surface area (TPSA) is 98.6 Å². The van der Waals surface area contributed by atoms with Crippen molar-refractivity contribution >= 4 is 22.4 Å². The number of hydrogen-bond acceptors (Lipinski definition) is 6. The summed E-state index contributed by atoms with van der Waals surface area (Å²) in [5.41, 5.74) is 0.970. The van der Waals surface area contributed by atoms with Crippen LogP contribution in [-0.4, -0.2) is 60.5 Å². The van der Waals surface area contributed by atoms with E-state index in [4.69, 9.17) is 4.98 Å². The van der Waals surface area contributed by atoms with Gasteiger partial charge in [0.05, 0.1) is 22.8 Å². The van der Waals surface area contributed by atoms with Gasteiger partial charge in [0.15, 0.2) is 0 Å². The number of fused-ring (bicyclic) bond motifs is 2. The van der Waals surface area contributed by atoms with Gasteiger partial charge in [-0.2, -0.15) is 10.6 Å². The van der Waals surface area contributed by atoms with E-state index in [-0.39, 0.29) is 22.8 Å². The summed E-state index contributed by atoms with van der Waals surface area (Å²) in [4.78, 5) is 24.1. The quantitative estimate of drug-likeness (QED) is 0.707. The number of hydrogen-bond donors (Lipinski definition) is 3. The second kappa shape index (κ2) is 7.15. The van der Waals surface area contributed by atoms with Crippen molar-refractivity contribution in [2.75, 3.05) is 29.9 Å². The van der Waals surface area contributed by atoms with Gasteiger partial charge in [0, 0.05) is 30.7 Å². The van der Waals surface area contributed by atoms with Crippen LogP contribution in [0.4, 0.5) is 5.95 Å². The number of aromatic nitrogens is 2. The highest BCUT2D eigenvalue weighted by Crippen LogP contribution is 2.45. The summed E-state index contributed by atoms with van der Waals surface area (Å²) >= 11 is 0. The van der Waals surface area contributed by atoms with E-state index in [2.05, 4.69) is 31.1 Å². The Kier molecular flexibility index (Phi) is 5.08. The number of nitrogens with one attached hydrogen (secondary N) is 1. The zero-order valence-electron chi connectivity index (χ0n) is 17.0. The first-order chi connectivity index (χ1) is 13.1. The second-order valence-corrected chi connectivity index (χ2v) is 12.1. The second-order valence-electron chi connectivity index (χ2n) is 9.63. The highest BCUT2D eigenvalue weighted by Gasteiger charge is 2.40. The first-order valence-corrected chi connectivity index (χ1v) is 12.2. The fraction of sp³-hybridized carbons (Fsp3) is 0.750. The van der Waals surface area contributed by atoms with Crippen molar-refractivity contribution in [1.82, 2.24) is 14.9 Å². The summed E-state index contributed by atoms with van der Waals surface area (Å²) in [6, 6.07) is 0.445. The van der Waals surface area contributed by atoms with Crippen molar-refractivity contribution in [2.24, 2.45) is 11.8 Å². The van der Waals surface area contributed by atoms with Crippen LogP contribution in [0.15, 0.2) is 6.20 Å². The Morgan fingerprint density at radius 2 is 1.93 bits per heavy atom. The Bertz CT molecular complexity index is 754. The van der Waals surface area contributed by atoms with Gasteiger partial charge in [-0.25, -0.2) is 9.97 Å². The molecule has 3 atom stereocenters. The molecule has 0 unspecified atom stereocenters. The Hall–Kier alpha value is -1.38. The molecule has 156 valence electrons. The summed E-state index contributed by atoms with van der Waals surface area (Å²) in [7, 11) is -2.53. The van der Waals surface area contributed by atoms with Crippen molar-refractivity contribution in [3.63, 3.8) is 0 Å². The van der Waals surface area contributed by atoms with E-state index in [0.717, 1.165) is 17.5 Å². The lowest BCUT2D eigenvalue weighted by Crippen LogP contribution is -2.43. The van der Waals surface area contributed by atoms with E-state index >= 15 is 0 Å². The summed E-state index contributed by atoms with van der Waals surface area (Å²) in [5, 5.41) is 3.53. The lowest BCUT2D eigenvalue weighted by molar-refractivity contribution is 0.0764. The Balaban J connectivity index is 1.54. The molecule has 0 aromatic carbocycles. The van der Waals surface area contributed by atoms with Gasteiger partial charge < -0.3 is 10.2 Å². The maximum atomic E-state index is 13.1. The standard InChI is InChI=1S/C20H32N4O3S/c1-20(2,3)17-15(18(25)24-6-8-28(26,27)9-7-24)12-21-19(23-17)22-16-11-13-4-5-14(16)10-13/h12-14,16,26-27H,4-11H2,1-3H3,(H,21,22,23)/t13-,14-,16-/m1/s1. The number of rotatable bonds is 3. The molecule has 0 spiro atoms. The number of nitrogens with zero attached hydrogens (tertiary/aromatic N) is 3. The zero-order chi connectivity index (χ0) is 20.1. The van der Waals surface area contributed by atoms with Gasteiger partial charge >= 0.3 is 0 Å². The third kappa shape index (κ3) is 4.00. The minimum absolute atomic E-state index is 0.119. The number of carbonyl (C=O) groups excluding carboxylic acids is 1. The highest BCUT2D eigenvalue weighted by molar-refractivity contribution is 8.24. The molecule has 3 aliphatic rings. The molecule has 1 aromatic rings. The average molecular weight is 409 g/mol. The molecule has 4 rings (SSSR count). The summed E-state index contributed by atoms with van der Waals surface area (Å²) < 4.78 is 19.6. The molecule has 2 saturated carbocycles. The fourth-order valence-corrected chi connectivity index (χ4v) is 6.10. The van der Waals surface area contributed by atoms with Gasteiger partial charge in [-0.05, 0) is 31.1 Å². The molecule has 28 heavy (non-hydrogen) atoms. The molecule has 1 saturated heterocycles. The number of amides is 1. The molecule has 3 N–H and O–H groups in total. The van der Waals surface area contributed by atoms with Crippen LogP contribution in [0.1, 0.15) is 62.5 Å². The van der Waals surface area contributed by atoms with Crippen molar-refractivity contribution < 1.29 is 13.9 Å². The van der Waals surface area contributed by atoms with Crippen LogP contribution in [0.3, 0.4) is 0 Å². The maximum absolute atomic E-state index is 13.1. The van der Waals surface area contributed by atoms with Crippen molar-refractivity contribution in [3.05, 3.63) is 17.5 Å². The number of anilines is 1. The van der Waals surface area contributed by atoms with Gasteiger partial charge in [0.25, 0.3) is 5.91 Å². The minimum atomic E-state index is -2.53. The molecular weight excluding hydrogens is 376 g/mol. The first-order valence-electron chi connectivity index (χ1n) is 10.3. The molecule has 8 heteroatoms. The highest BCUT2D eigenvalue weighted by atomic mass is 32.3. The summed E-state index contributed by atoms with van der Waals surface area (Å²) in [6.07, 6.45) is 6.80. The SMILES string of the molecule is CC(C)(C)c1nc(N[C@@H]2C[C@@H]3CC[C@@H]2C3)ncc1C(=O)N1CCS(O)(O)CC1. The molecule has 2 aliphatic carbocycles. The normalized spacial score (nSPS) is 30.3. The molecule has 2 heterocycles. The molecule has 1 aliphatic heterocycles. The fourth-order valence-electron chi connectivity index (χ4n) is 4.87. The molecule has 2 bridgehead atoms. The van der Waals surface area contributed by atoms with Gasteiger partial charge in [0.2, 0.25) is 5.95 Å². The first kappa shape index (κ1) is 19.9. The zero-order valence-corrected chi connectivity index (χ0v) is 17.8. The molecular formula is C20H32N4O3S. The smallest absolute Gasteiger partial charge is 0.257 e.